The molecule has 0 radical (unpaired) electrons. The number of urea groups is 1. The van der Waals surface area contributed by atoms with Gasteiger partial charge in [-0.15, -0.1) is 0 Å². The third-order valence-electron chi connectivity index (χ3n) is 5.34. The number of hydrogen-bond acceptors (Lipinski definition) is 4. The van der Waals surface area contributed by atoms with Crippen LogP contribution in [0.15, 0.2) is 89.8 Å². The van der Waals surface area contributed by atoms with Crippen LogP contribution in [0.5, 0.6) is 0 Å². The zero-order valence-corrected chi connectivity index (χ0v) is 19.7. The van der Waals surface area contributed by atoms with Crippen molar-refractivity contribution in [3.8, 4) is 11.3 Å². The molecule has 0 aliphatic rings. The van der Waals surface area contributed by atoms with Crippen LogP contribution in [0.3, 0.4) is 0 Å². The van der Waals surface area contributed by atoms with Crippen molar-refractivity contribution in [3.05, 3.63) is 102 Å². The Morgan fingerprint density at radius 2 is 1.64 bits per heavy atom. The van der Waals surface area contributed by atoms with Gasteiger partial charge < -0.3 is 10.6 Å². The Bertz CT molecular complexity index is 1470. The number of nitrogens with zero attached hydrogens (tertiary/aromatic N) is 1. The summed E-state index contributed by atoms with van der Waals surface area (Å²) in [6, 6.07) is 19.7. The Balaban J connectivity index is 1.63. The molecule has 1 atom stereocenters. The van der Waals surface area contributed by atoms with Crippen molar-refractivity contribution >= 4 is 21.6 Å². The Labute approximate surface area is 205 Å². The molecule has 0 saturated carbocycles. The Morgan fingerprint density at radius 1 is 0.944 bits per heavy atom. The van der Waals surface area contributed by atoms with Crippen LogP contribution < -0.4 is 10.6 Å². The summed E-state index contributed by atoms with van der Waals surface area (Å²) in [4.78, 5) is 12.9. The summed E-state index contributed by atoms with van der Waals surface area (Å²) in [6.45, 7) is 0. The second kappa shape index (κ2) is 9.86. The summed E-state index contributed by atoms with van der Waals surface area (Å²) in [6.07, 6.45) is -3.47. The van der Waals surface area contributed by atoms with Crippen molar-refractivity contribution in [3.63, 3.8) is 0 Å². The van der Waals surface area contributed by atoms with E-state index in [4.69, 9.17) is 0 Å². The van der Waals surface area contributed by atoms with Gasteiger partial charge in [-0.05, 0) is 42.0 Å². The molecule has 3 aromatic carbocycles. The lowest BCUT2D eigenvalue weighted by Gasteiger charge is -2.19. The summed E-state index contributed by atoms with van der Waals surface area (Å²) < 4.78 is 62.8. The fourth-order valence-electron chi connectivity index (χ4n) is 3.56. The standard InChI is InChI=1S/C25H21F3N4O3S/c1-36(34,35)20-12-10-17(11-13-20)23(22-15-21(31-32-22)16-6-3-2-4-7-16)30-24(33)29-19-9-5-8-18(14-19)25(26,27)28/h2-15,23H,1H3,(H,31,32)(H2,29,30,33). The highest BCUT2D eigenvalue weighted by Crippen LogP contribution is 2.31. The van der Waals surface area contributed by atoms with Crippen molar-refractivity contribution < 1.29 is 26.4 Å². The van der Waals surface area contributed by atoms with Crippen molar-refractivity contribution in [1.29, 1.82) is 0 Å². The number of amides is 2. The Morgan fingerprint density at radius 3 is 2.28 bits per heavy atom. The molecular weight excluding hydrogens is 493 g/mol. The second-order valence-corrected chi connectivity index (χ2v) is 10.0. The minimum atomic E-state index is -4.55. The maximum atomic E-state index is 13.0. The van der Waals surface area contributed by atoms with E-state index in [2.05, 4.69) is 20.8 Å². The smallest absolute Gasteiger partial charge is 0.325 e. The molecule has 1 heterocycles. The molecule has 0 fully saturated rings. The number of benzene rings is 3. The number of halogens is 3. The van der Waals surface area contributed by atoms with E-state index in [-0.39, 0.29) is 10.6 Å². The van der Waals surface area contributed by atoms with Gasteiger partial charge in [-0.2, -0.15) is 18.3 Å². The predicted molar refractivity (Wildman–Crippen MR) is 129 cm³/mol. The summed E-state index contributed by atoms with van der Waals surface area (Å²) in [7, 11) is -3.43. The van der Waals surface area contributed by atoms with Crippen LogP contribution in [0, 0.1) is 0 Å². The van der Waals surface area contributed by atoms with E-state index in [0.717, 1.165) is 24.0 Å². The van der Waals surface area contributed by atoms with Crippen LogP contribution >= 0.6 is 0 Å². The van der Waals surface area contributed by atoms with Crippen molar-refractivity contribution in [2.24, 2.45) is 0 Å². The van der Waals surface area contributed by atoms with Crippen LogP contribution in [-0.2, 0) is 16.0 Å². The topological polar surface area (TPSA) is 104 Å². The first-order chi connectivity index (χ1) is 17.0. The van der Waals surface area contributed by atoms with E-state index < -0.39 is 33.6 Å². The number of carbonyl (C=O) groups excluding carboxylic acids is 1. The molecule has 0 aliphatic carbocycles. The molecule has 3 N–H and O–H groups in total. The fourth-order valence-corrected chi connectivity index (χ4v) is 4.19. The van der Waals surface area contributed by atoms with Crippen LogP contribution in [0.2, 0.25) is 0 Å². The van der Waals surface area contributed by atoms with Gasteiger partial charge in [0.15, 0.2) is 9.84 Å². The van der Waals surface area contributed by atoms with Crippen molar-refractivity contribution in [2.75, 3.05) is 11.6 Å². The molecule has 1 unspecified atom stereocenters. The van der Waals surface area contributed by atoms with E-state index in [1.165, 1.54) is 24.3 Å². The molecule has 0 aliphatic heterocycles. The van der Waals surface area contributed by atoms with Gasteiger partial charge in [-0.25, -0.2) is 13.2 Å². The van der Waals surface area contributed by atoms with Crippen LogP contribution in [-0.4, -0.2) is 30.9 Å². The largest absolute Gasteiger partial charge is 0.416 e. The Kier molecular flexibility index (Phi) is 6.84. The SMILES string of the molecule is CS(=O)(=O)c1ccc(C(NC(=O)Nc2cccc(C(F)(F)F)c2)c2cc(-c3ccccc3)n[nH]2)cc1. The molecule has 2 amide bonds. The van der Waals surface area contributed by atoms with E-state index in [9.17, 15) is 26.4 Å². The highest BCUT2D eigenvalue weighted by atomic mass is 32.2. The van der Waals surface area contributed by atoms with Crippen molar-refractivity contribution in [2.45, 2.75) is 17.1 Å². The van der Waals surface area contributed by atoms with Crippen LogP contribution in [0.1, 0.15) is 22.9 Å². The zero-order chi connectivity index (χ0) is 25.9. The van der Waals surface area contributed by atoms with Gasteiger partial charge in [0.25, 0.3) is 0 Å². The highest BCUT2D eigenvalue weighted by molar-refractivity contribution is 7.90. The molecule has 11 heteroatoms. The van der Waals surface area contributed by atoms with E-state index in [1.54, 1.807) is 18.2 Å². The minimum absolute atomic E-state index is 0.0388. The van der Waals surface area contributed by atoms with Crippen LogP contribution in [0.4, 0.5) is 23.7 Å². The summed E-state index contributed by atoms with van der Waals surface area (Å²) in [5, 5.41) is 12.3. The molecule has 0 bridgehead atoms. The summed E-state index contributed by atoms with van der Waals surface area (Å²) in [5.74, 6) is 0. The van der Waals surface area contributed by atoms with Crippen LogP contribution in [0.25, 0.3) is 11.3 Å². The van der Waals surface area contributed by atoms with Crippen molar-refractivity contribution in [1.82, 2.24) is 15.5 Å². The predicted octanol–water partition coefficient (Wildman–Crippen LogP) is 5.41. The normalized spacial score (nSPS) is 12.7. The number of H-pyrrole nitrogens is 1. The van der Waals surface area contributed by atoms with Gasteiger partial charge in [0, 0.05) is 17.5 Å². The average molecular weight is 515 g/mol. The number of sulfone groups is 1. The molecule has 0 saturated heterocycles. The van der Waals surface area contributed by atoms with Gasteiger partial charge >= 0.3 is 12.2 Å². The molecule has 36 heavy (non-hydrogen) atoms. The quantitative estimate of drug-likeness (QED) is 0.320. The fraction of sp³-hybridized carbons (Fsp3) is 0.120. The lowest BCUT2D eigenvalue weighted by molar-refractivity contribution is -0.137. The number of aromatic nitrogens is 2. The third kappa shape index (κ3) is 5.92. The number of rotatable bonds is 6. The molecule has 1 aromatic heterocycles. The maximum Gasteiger partial charge on any atom is 0.416 e. The first-order valence-corrected chi connectivity index (χ1v) is 12.6. The first-order valence-electron chi connectivity index (χ1n) is 10.7. The highest BCUT2D eigenvalue weighted by Gasteiger charge is 2.30. The Hall–Kier alpha value is -4.12. The lowest BCUT2D eigenvalue weighted by Crippen LogP contribution is -2.33. The number of anilines is 1. The molecule has 4 aromatic rings. The number of carbonyl (C=O) groups is 1. The molecule has 0 spiro atoms. The number of alkyl halides is 3. The molecule has 4 rings (SSSR count). The number of aromatic amines is 1. The first kappa shape index (κ1) is 25.0. The summed E-state index contributed by atoms with van der Waals surface area (Å²) >= 11 is 0. The van der Waals surface area contributed by atoms with E-state index in [0.29, 0.717) is 17.0 Å². The molecular formula is C25H21F3N4O3S. The summed E-state index contributed by atoms with van der Waals surface area (Å²) in [5.41, 5.74) is 1.53. The average Bonchev–Trinajstić information content (AvgIpc) is 3.32. The van der Waals surface area contributed by atoms with E-state index in [1.807, 2.05) is 30.3 Å². The van der Waals surface area contributed by atoms with Gasteiger partial charge in [-0.1, -0.05) is 48.5 Å². The van der Waals surface area contributed by atoms with Gasteiger partial charge in [-0.3, -0.25) is 5.10 Å². The molecule has 186 valence electrons. The minimum Gasteiger partial charge on any atom is -0.325 e. The third-order valence-corrected chi connectivity index (χ3v) is 6.47. The number of nitrogens with one attached hydrogen (secondary N) is 3. The zero-order valence-electron chi connectivity index (χ0n) is 18.9. The maximum absolute atomic E-state index is 13.0. The lowest BCUT2D eigenvalue weighted by atomic mass is 10.0. The van der Waals surface area contributed by atoms with Gasteiger partial charge in [0.1, 0.15) is 0 Å². The van der Waals surface area contributed by atoms with Gasteiger partial charge in [0.2, 0.25) is 0 Å². The molecule has 7 nitrogen and oxygen atoms in total. The number of hydrogen-bond donors (Lipinski definition) is 3. The second-order valence-electron chi connectivity index (χ2n) is 8.03. The van der Waals surface area contributed by atoms with Gasteiger partial charge in [0.05, 0.1) is 27.9 Å². The monoisotopic (exact) mass is 514 g/mol. The van der Waals surface area contributed by atoms with E-state index >= 15 is 0 Å².